The van der Waals surface area contributed by atoms with Crippen LogP contribution in [-0.4, -0.2) is 24.3 Å². The molecule has 19 heavy (non-hydrogen) atoms. The number of ether oxygens (including phenoxy) is 1. The number of benzene rings is 1. The molecule has 1 aromatic carbocycles. The highest BCUT2D eigenvalue weighted by molar-refractivity contribution is 6.30. The fourth-order valence-electron chi connectivity index (χ4n) is 2.98. The van der Waals surface area contributed by atoms with Crippen LogP contribution in [0.3, 0.4) is 0 Å². The summed E-state index contributed by atoms with van der Waals surface area (Å²) in [5.74, 6) is -1.09. The minimum Gasteiger partial charge on any atom is -0.481 e. The molecule has 2 rings (SSSR count). The molecule has 0 bridgehead atoms. The number of rotatable bonds is 4. The standard InChI is InChI=1S/C15H19ClO3/c1-19-13-4-2-3-11(9-13)14(15(17)18)10-5-7-12(16)8-6-10/h5-8,11,13-14H,2-4,9H2,1H3,(H,17,18). The fourth-order valence-corrected chi connectivity index (χ4v) is 3.11. The molecule has 104 valence electrons. The molecule has 3 nitrogen and oxygen atoms in total. The quantitative estimate of drug-likeness (QED) is 0.916. The van der Waals surface area contributed by atoms with Crippen molar-refractivity contribution in [3.05, 3.63) is 34.9 Å². The Hall–Kier alpha value is -1.06. The first-order valence-electron chi connectivity index (χ1n) is 6.63. The lowest BCUT2D eigenvalue weighted by Gasteiger charge is -2.32. The zero-order valence-corrected chi connectivity index (χ0v) is 11.8. The number of carboxylic acid groups (broad SMARTS) is 1. The highest BCUT2D eigenvalue weighted by atomic mass is 35.5. The number of hydrogen-bond donors (Lipinski definition) is 1. The topological polar surface area (TPSA) is 46.5 Å². The molecule has 3 unspecified atom stereocenters. The second-order valence-corrected chi connectivity index (χ2v) is 5.59. The molecule has 0 heterocycles. The van der Waals surface area contributed by atoms with Crippen LogP contribution in [0.5, 0.6) is 0 Å². The predicted octanol–water partition coefficient (Wildman–Crippen LogP) is 3.71. The summed E-state index contributed by atoms with van der Waals surface area (Å²) in [6.07, 6.45) is 4.00. The maximum absolute atomic E-state index is 11.6. The van der Waals surface area contributed by atoms with Gasteiger partial charge in [-0.1, -0.05) is 30.2 Å². The van der Waals surface area contributed by atoms with Gasteiger partial charge < -0.3 is 9.84 Å². The molecular weight excluding hydrogens is 264 g/mol. The third-order valence-electron chi connectivity index (χ3n) is 3.97. The lowest BCUT2D eigenvalue weighted by molar-refractivity contribution is -0.141. The fraction of sp³-hybridized carbons (Fsp3) is 0.533. The Morgan fingerprint density at radius 2 is 2.05 bits per heavy atom. The Balaban J connectivity index is 2.20. The van der Waals surface area contributed by atoms with E-state index in [2.05, 4.69) is 0 Å². The predicted molar refractivity (Wildman–Crippen MR) is 74.6 cm³/mol. The monoisotopic (exact) mass is 282 g/mol. The van der Waals surface area contributed by atoms with Gasteiger partial charge in [0.25, 0.3) is 0 Å². The van der Waals surface area contributed by atoms with E-state index in [0.29, 0.717) is 5.02 Å². The minimum atomic E-state index is -0.760. The van der Waals surface area contributed by atoms with Crippen LogP contribution in [0.25, 0.3) is 0 Å². The van der Waals surface area contributed by atoms with Crippen molar-refractivity contribution < 1.29 is 14.6 Å². The van der Waals surface area contributed by atoms with Gasteiger partial charge in [0.05, 0.1) is 12.0 Å². The zero-order valence-electron chi connectivity index (χ0n) is 11.0. The first-order chi connectivity index (χ1) is 9.11. The van der Waals surface area contributed by atoms with Gasteiger partial charge in [-0.2, -0.15) is 0 Å². The number of halogens is 1. The van der Waals surface area contributed by atoms with Crippen molar-refractivity contribution in [1.29, 1.82) is 0 Å². The molecule has 3 atom stereocenters. The largest absolute Gasteiger partial charge is 0.481 e. The van der Waals surface area contributed by atoms with Crippen molar-refractivity contribution in [1.82, 2.24) is 0 Å². The molecule has 1 saturated carbocycles. The Bertz CT molecular complexity index is 430. The van der Waals surface area contributed by atoms with Crippen LogP contribution in [0.4, 0.5) is 0 Å². The molecule has 1 N–H and O–H groups in total. The van der Waals surface area contributed by atoms with Gasteiger partial charge in [0, 0.05) is 12.1 Å². The van der Waals surface area contributed by atoms with Gasteiger partial charge in [-0.25, -0.2) is 0 Å². The van der Waals surface area contributed by atoms with E-state index in [9.17, 15) is 9.90 Å². The van der Waals surface area contributed by atoms with Crippen molar-refractivity contribution in [3.8, 4) is 0 Å². The molecule has 0 saturated heterocycles. The molecule has 1 aromatic rings. The highest BCUT2D eigenvalue weighted by Crippen LogP contribution is 2.37. The van der Waals surface area contributed by atoms with E-state index in [1.807, 2.05) is 12.1 Å². The number of hydrogen-bond acceptors (Lipinski definition) is 2. The Kier molecular flexibility index (Phi) is 4.83. The summed E-state index contributed by atoms with van der Waals surface area (Å²) >= 11 is 5.86. The molecule has 0 aliphatic heterocycles. The smallest absolute Gasteiger partial charge is 0.311 e. The van der Waals surface area contributed by atoms with Crippen molar-refractivity contribution in [2.75, 3.05) is 7.11 Å². The molecule has 0 aromatic heterocycles. The van der Waals surface area contributed by atoms with E-state index in [1.54, 1.807) is 19.2 Å². The molecule has 0 radical (unpaired) electrons. The van der Waals surface area contributed by atoms with Gasteiger partial charge in [0.2, 0.25) is 0 Å². The summed E-state index contributed by atoms with van der Waals surface area (Å²) in [6, 6.07) is 7.14. The van der Waals surface area contributed by atoms with Gasteiger partial charge in [-0.3, -0.25) is 4.79 Å². The lowest BCUT2D eigenvalue weighted by Crippen LogP contribution is -2.29. The average molecular weight is 283 g/mol. The molecule has 1 aliphatic rings. The van der Waals surface area contributed by atoms with E-state index in [1.165, 1.54) is 0 Å². The Morgan fingerprint density at radius 3 is 2.63 bits per heavy atom. The van der Waals surface area contributed by atoms with E-state index in [0.717, 1.165) is 31.2 Å². The van der Waals surface area contributed by atoms with Gasteiger partial charge in [0.1, 0.15) is 0 Å². The summed E-state index contributed by atoms with van der Waals surface area (Å²) < 4.78 is 5.39. The minimum absolute atomic E-state index is 0.136. The van der Waals surface area contributed by atoms with Crippen LogP contribution in [-0.2, 0) is 9.53 Å². The average Bonchev–Trinajstić information content (AvgIpc) is 2.41. The lowest BCUT2D eigenvalue weighted by atomic mass is 9.76. The van der Waals surface area contributed by atoms with Crippen LogP contribution in [0, 0.1) is 5.92 Å². The molecule has 0 amide bonds. The molecular formula is C15H19ClO3. The number of carboxylic acids is 1. The highest BCUT2D eigenvalue weighted by Gasteiger charge is 2.33. The second kappa shape index (κ2) is 6.40. The van der Waals surface area contributed by atoms with Crippen LogP contribution in [0.1, 0.15) is 37.2 Å². The molecule has 0 spiro atoms. The van der Waals surface area contributed by atoms with Crippen molar-refractivity contribution >= 4 is 17.6 Å². The summed E-state index contributed by atoms with van der Waals surface area (Å²) in [5, 5.41) is 10.2. The maximum Gasteiger partial charge on any atom is 0.311 e. The third-order valence-corrected chi connectivity index (χ3v) is 4.22. The maximum atomic E-state index is 11.6. The van der Waals surface area contributed by atoms with Gasteiger partial charge in [0.15, 0.2) is 0 Å². The summed E-state index contributed by atoms with van der Waals surface area (Å²) in [4.78, 5) is 11.6. The third kappa shape index (κ3) is 3.48. The van der Waals surface area contributed by atoms with Crippen molar-refractivity contribution in [2.45, 2.75) is 37.7 Å². The van der Waals surface area contributed by atoms with E-state index in [4.69, 9.17) is 16.3 Å². The van der Waals surface area contributed by atoms with Crippen molar-refractivity contribution in [2.24, 2.45) is 5.92 Å². The van der Waals surface area contributed by atoms with Gasteiger partial charge in [-0.15, -0.1) is 0 Å². The molecule has 1 fully saturated rings. The van der Waals surface area contributed by atoms with Crippen LogP contribution in [0.2, 0.25) is 5.02 Å². The van der Waals surface area contributed by atoms with E-state index >= 15 is 0 Å². The van der Waals surface area contributed by atoms with Crippen LogP contribution in [0.15, 0.2) is 24.3 Å². The summed E-state index contributed by atoms with van der Waals surface area (Å²) in [5.41, 5.74) is 0.832. The second-order valence-electron chi connectivity index (χ2n) is 5.15. The Labute approximate surface area is 118 Å². The number of carbonyl (C=O) groups is 1. The SMILES string of the molecule is COC1CCCC(C(C(=O)O)c2ccc(Cl)cc2)C1. The zero-order chi connectivity index (χ0) is 13.8. The number of methoxy groups -OCH3 is 1. The van der Waals surface area contributed by atoms with E-state index in [-0.39, 0.29) is 12.0 Å². The van der Waals surface area contributed by atoms with Crippen LogP contribution >= 0.6 is 11.6 Å². The molecule has 4 heteroatoms. The first-order valence-corrected chi connectivity index (χ1v) is 7.00. The first kappa shape index (κ1) is 14.4. The summed E-state index contributed by atoms with van der Waals surface area (Å²) in [6.45, 7) is 0. The summed E-state index contributed by atoms with van der Waals surface area (Å²) in [7, 11) is 1.70. The van der Waals surface area contributed by atoms with Crippen LogP contribution < -0.4 is 0 Å². The van der Waals surface area contributed by atoms with Crippen molar-refractivity contribution in [3.63, 3.8) is 0 Å². The Morgan fingerprint density at radius 1 is 1.37 bits per heavy atom. The van der Waals surface area contributed by atoms with Gasteiger partial charge >= 0.3 is 5.97 Å². The number of aliphatic carboxylic acids is 1. The van der Waals surface area contributed by atoms with E-state index < -0.39 is 11.9 Å². The normalized spacial score (nSPS) is 24.9. The van der Waals surface area contributed by atoms with Gasteiger partial charge in [-0.05, 0) is 42.9 Å². The molecule has 1 aliphatic carbocycles.